The van der Waals surface area contributed by atoms with Gasteiger partial charge in [0.1, 0.15) is 11.5 Å². The van der Waals surface area contributed by atoms with E-state index in [1.165, 1.54) is 12.3 Å². The van der Waals surface area contributed by atoms with Crippen LogP contribution in [0.15, 0.2) is 30.5 Å². The van der Waals surface area contributed by atoms with Crippen LogP contribution in [0.25, 0.3) is 0 Å². The number of aryl methyl sites for hydroxylation is 1. The Morgan fingerprint density at radius 3 is 2.33 bits per heavy atom. The third-order valence-corrected chi connectivity index (χ3v) is 3.95. The van der Waals surface area contributed by atoms with Crippen LogP contribution >= 0.6 is 23.2 Å². The molecule has 1 amide bonds. The molecule has 0 aliphatic carbocycles. The number of nitrogens with zero attached hydrogens (tertiary/aromatic N) is 1. The molecule has 0 radical (unpaired) electrons. The Kier molecular flexibility index (Phi) is 7.69. The van der Waals surface area contributed by atoms with E-state index < -0.39 is 18.5 Å². The first-order valence-electron chi connectivity index (χ1n) is 7.89. The minimum Gasteiger partial charge on any atom is -0.497 e. The molecule has 0 bridgehead atoms. The lowest BCUT2D eigenvalue weighted by Gasteiger charge is -2.09. The summed E-state index contributed by atoms with van der Waals surface area (Å²) in [6.07, 6.45) is 1.86. The third kappa shape index (κ3) is 6.62. The number of methoxy groups -OCH3 is 2. The number of halogens is 2. The minimum absolute atomic E-state index is 0.101. The largest absolute Gasteiger partial charge is 0.497 e. The van der Waals surface area contributed by atoms with Crippen molar-refractivity contribution in [3.05, 3.63) is 46.1 Å². The second kappa shape index (κ2) is 9.99. The smallest absolute Gasteiger partial charge is 0.306 e. The fraction of sp³-hybridized carbons (Fsp3) is 0.278. The Morgan fingerprint density at radius 2 is 1.74 bits per heavy atom. The summed E-state index contributed by atoms with van der Waals surface area (Å²) in [5, 5.41) is 2.98. The minimum atomic E-state index is -0.553. The van der Waals surface area contributed by atoms with Crippen LogP contribution in [0.4, 0.5) is 5.82 Å². The van der Waals surface area contributed by atoms with Gasteiger partial charge in [-0.3, -0.25) is 9.59 Å². The topological polar surface area (TPSA) is 86.8 Å². The highest BCUT2D eigenvalue weighted by molar-refractivity contribution is 6.36. The van der Waals surface area contributed by atoms with E-state index in [1.807, 2.05) is 0 Å². The monoisotopic (exact) mass is 412 g/mol. The second-order valence-electron chi connectivity index (χ2n) is 5.41. The van der Waals surface area contributed by atoms with Gasteiger partial charge in [0.15, 0.2) is 12.4 Å². The van der Waals surface area contributed by atoms with Crippen LogP contribution in [-0.4, -0.2) is 37.7 Å². The summed E-state index contributed by atoms with van der Waals surface area (Å²) in [7, 11) is 3.10. The molecule has 7 nitrogen and oxygen atoms in total. The Hall–Kier alpha value is -2.51. The SMILES string of the molecule is COc1cc(CCC(=O)OCC(=O)Nc2ncc(Cl)cc2Cl)cc(OC)c1. The van der Waals surface area contributed by atoms with Gasteiger partial charge in [0.25, 0.3) is 5.91 Å². The van der Waals surface area contributed by atoms with Crippen molar-refractivity contribution < 1.29 is 23.8 Å². The number of nitrogens with one attached hydrogen (secondary N) is 1. The van der Waals surface area contributed by atoms with Crippen LogP contribution in [0.2, 0.25) is 10.0 Å². The number of carbonyl (C=O) groups is 2. The number of benzene rings is 1. The molecule has 0 unspecified atom stereocenters. The summed E-state index contributed by atoms with van der Waals surface area (Å²) in [5.74, 6) is 0.338. The van der Waals surface area contributed by atoms with Crippen LogP contribution in [0.1, 0.15) is 12.0 Å². The molecule has 1 aromatic carbocycles. The highest BCUT2D eigenvalue weighted by Crippen LogP contribution is 2.24. The molecule has 27 heavy (non-hydrogen) atoms. The van der Waals surface area contributed by atoms with Gasteiger partial charge in [-0.05, 0) is 30.2 Å². The predicted octanol–water partition coefficient (Wildman–Crippen LogP) is 3.52. The number of pyridine rings is 1. The van der Waals surface area contributed by atoms with Gasteiger partial charge in [0.2, 0.25) is 0 Å². The van der Waals surface area contributed by atoms with Crippen molar-refractivity contribution in [2.75, 3.05) is 26.1 Å². The van der Waals surface area contributed by atoms with E-state index in [2.05, 4.69) is 10.3 Å². The molecule has 1 N–H and O–H groups in total. The number of aromatic nitrogens is 1. The molecule has 9 heteroatoms. The molecule has 0 fully saturated rings. The highest BCUT2D eigenvalue weighted by atomic mass is 35.5. The zero-order valence-corrected chi connectivity index (χ0v) is 16.3. The maximum atomic E-state index is 11.9. The van der Waals surface area contributed by atoms with Gasteiger partial charge in [0.05, 0.1) is 24.3 Å². The molecule has 0 atom stereocenters. The zero-order chi connectivity index (χ0) is 19.8. The second-order valence-corrected chi connectivity index (χ2v) is 6.26. The van der Waals surface area contributed by atoms with Crippen molar-refractivity contribution in [2.45, 2.75) is 12.8 Å². The van der Waals surface area contributed by atoms with E-state index in [4.69, 9.17) is 37.4 Å². The molecule has 0 spiro atoms. The van der Waals surface area contributed by atoms with E-state index in [0.29, 0.717) is 22.9 Å². The molecule has 2 aromatic rings. The van der Waals surface area contributed by atoms with Crippen LogP contribution in [0.5, 0.6) is 11.5 Å². The lowest BCUT2D eigenvalue weighted by Crippen LogP contribution is -2.21. The molecule has 2 rings (SSSR count). The van der Waals surface area contributed by atoms with Crippen molar-refractivity contribution in [1.82, 2.24) is 4.98 Å². The number of ether oxygens (including phenoxy) is 3. The first-order chi connectivity index (χ1) is 12.9. The summed E-state index contributed by atoms with van der Waals surface area (Å²) in [4.78, 5) is 27.6. The van der Waals surface area contributed by atoms with E-state index in [1.54, 1.807) is 32.4 Å². The van der Waals surface area contributed by atoms with Crippen molar-refractivity contribution in [3.8, 4) is 11.5 Å². The average Bonchev–Trinajstić information content (AvgIpc) is 2.66. The predicted molar refractivity (Wildman–Crippen MR) is 102 cm³/mol. The summed E-state index contributed by atoms with van der Waals surface area (Å²) >= 11 is 11.6. The van der Waals surface area contributed by atoms with Crippen molar-refractivity contribution in [2.24, 2.45) is 0 Å². The molecule has 0 saturated carbocycles. The number of rotatable bonds is 8. The number of anilines is 1. The van der Waals surface area contributed by atoms with Crippen molar-refractivity contribution in [1.29, 1.82) is 0 Å². The molecule has 0 aliphatic rings. The van der Waals surface area contributed by atoms with E-state index in [-0.39, 0.29) is 17.3 Å². The molecular weight excluding hydrogens is 395 g/mol. The fourth-order valence-electron chi connectivity index (χ4n) is 2.15. The molecular formula is C18H18Cl2N2O5. The first-order valence-corrected chi connectivity index (χ1v) is 8.65. The van der Waals surface area contributed by atoms with Gasteiger partial charge < -0.3 is 19.5 Å². The number of hydrogen-bond donors (Lipinski definition) is 1. The molecule has 144 valence electrons. The normalized spacial score (nSPS) is 10.2. The summed E-state index contributed by atoms with van der Waals surface area (Å²) < 4.78 is 15.3. The van der Waals surface area contributed by atoms with E-state index in [0.717, 1.165) is 5.56 Å². The van der Waals surface area contributed by atoms with Gasteiger partial charge in [-0.15, -0.1) is 0 Å². The Labute approximate surface area is 166 Å². The zero-order valence-electron chi connectivity index (χ0n) is 14.8. The Morgan fingerprint density at radius 1 is 1.07 bits per heavy atom. The van der Waals surface area contributed by atoms with Crippen LogP contribution in [0, 0.1) is 0 Å². The fourth-order valence-corrected chi connectivity index (χ4v) is 2.58. The number of hydrogen-bond acceptors (Lipinski definition) is 6. The average molecular weight is 413 g/mol. The van der Waals surface area contributed by atoms with E-state index >= 15 is 0 Å². The lowest BCUT2D eigenvalue weighted by molar-refractivity contribution is -0.147. The third-order valence-electron chi connectivity index (χ3n) is 3.46. The molecule has 0 aliphatic heterocycles. The molecule has 1 aromatic heterocycles. The standard InChI is InChI=1S/C18H18Cl2N2O5/c1-25-13-5-11(6-14(8-13)26-2)3-4-17(24)27-10-16(23)22-18-15(20)7-12(19)9-21-18/h5-9H,3-4,10H2,1-2H3,(H,21,22,23). The lowest BCUT2D eigenvalue weighted by atomic mass is 10.1. The van der Waals surface area contributed by atoms with Gasteiger partial charge in [0, 0.05) is 18.7 Å². The van der Waals surface area contributed by atoms with E-state index in [9.17, 15) is 9.59 Å². The summed E-state index contributed by atoms with van der Waals surface area (Å²) in [6, 6.07) is 6.79. The van der Waals surface area contributed by atoms with Crippen LogP contribution in [0.3, 0.4) is 0 Å². The van der Waals surface area contributed by atoms with Gasteiger partial charge in [-0.1, -0.05) is 23.2 Å². The Bertz CT molecular complexity index is 807. The molecule has 0 saturated heterocycles. The quantitative estimate of drug-likeness (QED) is 0.667. The summed E-state index contributed by atoms with van der Waals surface area (Å²) in [6.45, 7) is -0.444. The number of carbonyl (C=O) groups excluding carboxylic acids is 2. The number of amides is 1. The van der Waals surface area contributed by atoms with Crippen LogP contribution < -0.4 is 14.8 Å². The maximum absolute atomic E-state index is 11.9. The summed E-state index contributed by atoms with van der Waals surface area (Å²) in [5.41, 5.74) is 0.852. The molecule has 1 heterocycles. The Balaban J connectivity index is 1.81. The van der Waals surface area contributed by atoms with Gasteiger partial charge in [-0.2, -0.15) is 0 Å². The highest BCUT2D eigenvalue weighted by Gasteiger charge is 2.12. The maximum Gasteiger partial charge on any atom is 0.306 e. The van der Waals surface area contributed by atoms with Gasteiger partial charge >= 0.3 is 5.97 Å². The van der Waals surface area contributed by atoms with Crippen LogP contribution in [-0.2, 0) is 20.7 Å². The van der Waals surface area contributed by atoms with Crippen molar-refractivity contribution in [3.63, 3.8) is 0 Å². The first kappa shape index (κ1) is 20.8. The van der Waals surface area contributed by atoms with Crippen molar-refractivity contribution >= 4 is 40.9 Å². The van der Waals surface area contributed by atoms with Gasteiger partial charge in [-0.25, -0.2) is 4.98 Å². The number of esters is 1.